The van der Waals surface area contributed by atoms with Gasteiger partial charge in [0, 0.05) is 6.54 Å². The van der Waals surface area contributed by atoms with Crippen molar-refractivity contribution in [1.29, 1.82) is 0 Å². The van der Waals surface area contributed by atoms with Gasteiger partial charge in [0.25, 0.3) is 0 Å². The molecule has 0 saturated heterocycles. The van der Waals surface area contributed by atoms with Gasteiger partial charge in [-0.15, -0.1) is 0 Å². The molecule has 0 aliphatic heterocycles. The summed E-state index contributed by atoms with van der Waals surface area (Å²) in [6.07, 6.45) is -3.84. The number of rotatable bonds is 6. The lowest BCUT2D eigenvalue weighted by molar-refractivity contribution is -0.124. The summed E-state index contributed by atoms with van der Waals surface area (Å²) in [4.78, 5) is 0. The Bertz CT molecular complexity index is 300. The minimum absolute atomic E-state index is 0.174. The summed E-state index contributed by atoms with van der Waals surface area (Å²) in [6.45, 7) is 3.39. The van der Waals surface area contributed by atoms with Crippen LogP contribution in [0, 0.1) is 0 Å². The molecule has 2 unspecified atom stereocenters. The molecule has 0 aliphatic rings. The van der Waals surface area contributed by atoms with Gasteiger partial charge in [0.1, 0.15) is 0 Å². The van der Waals surface area contributed by atoms with Crippen molar-refractivity contribution in [2.75, 3.05) is 13.1 Å². The first-order valence-corrected chi connectivity index (χ1v) is 6.72. The molecule has 0 aromatic heterocycles. The lowest BCUT2D eigenvalue weighted by atomic mass is 10.4. The Morgan fingerprint density at radius 2 is 1.69 bits per heavy atom. The smallest absolute Gasteiger partial charge is 0.307 e. The second kappa shape index (κ2) is 5.86. The quantitative estimate of drug-likeness (QED) is 0.792. The van der Waals surface area contributed by atoms with Crippen LogP contribution in [0.25, 0.3) is 0 Å². The first-order valence-electron chi connectivity index (χ1n) is 5.11. The second-order valence-corrected chi connectivity index (χ2v) is 6.65. The van der Waals surface area contributed by atoms with Crippen LogP contribution >= 0.6 is 0 Å². The first kappa shape index (κ1) is 15.7. The van der Waals surface area contributed by atoms with Crippen LogP contribution in [0.3, 0.4) is 0 Å². The number of hydrogen-bond donors (Lipinski definition) is 1. The Kier molecular flexibility index (Phi) is 5.75. The van der Waals surface area contributed by atoms with Gasteiger partial charge in [-0.2, -0.15) is 13.2 Å². The fraction of sp³-hybridized carbons (Fsp3) is 1.00. The minimum Gasteiger partial charge on any atom is -0.307 e. The topological polar surface area (TPSA) is 46.2 Å². The fourth-order valence-electron chi connectivity index (χ4n) is 1.16. The Morgan fingerprint density at radius 1 is 1.19 bits per heavy atom. The van der Waals surface area contributed by atoms with Gasteiger partial charge < -0.3 is 5.32 Å². The van der Waals surface area contributed by atoms with E-state index in [2.05, 4.69) is 5.32 Å². The molecular weight excluding hydrogens is 243 g/mol. The molecular formula is C9H18F3NO2S. The first-order chi connectivity index (χ1) is 7.11. The number of alkyl halides is 3. The molecule has 0 rings (SSSR count). The predicted octanol–water partition coefficient (Wildman–Crippen LogP) is 1.74. The molecule has 0 fully saturated rings. The van der Waals surface area contributed by atoms with Crippen LogP contribution in [0.1, 0.15) is 27.2 Å². The van der Waals surface area contributed by atoms with E-state index in [1.54, 1.807) is 13.8 Å². The third kappa shape index (κ3) is 5.16. The lowest BCUT2D eigenvalue weighted by Gasteiger charge is -2.18. The van der Waals surface area contributed by atoms with Crippen LogP contribution in [-0.4, -0.2) is 38.2 Å². The maximum atomic E-state index is 11.8. The van der Waals surface area contributed by atoms with E-state index in [0.29, 0.717) is 6.42 Å². The number of sulfone groups is 1. The van der Waals surface area contributed by atoms with Crippen molar-refractivity contribution in [3.63, 3.8) is 0 Å². The number of nitrogens with one attached hydrogen (secondary N) is 1. The molecule has 0 radical (unpaired) electrons. The summed E-state index contributed by atoms with van der Waals surface area (Å²) >= 11 is 0. The van der Waals surface area contributed by atoms with E-state index in [1.165, 1.54) is 6.92 Å². The molecule has 1 N–H and O–H groups in total. The number of halogens is 3. The molecule has 3 nitrogen and oxygen atoms in total. The van der Waals surface area contributed by atoms with Crippen LogP contribution in [0.4, 0.5) is 13.2 Å². The predicted molar refractivity (Wildman–Crippen MR) is 57.1 cm³/mol. The van der Waals surface area contributed by atoms with Crippen molar-refractivity contribution in [3.05, 3.63) is 0 Å². The molecule has 0 aromatic carbocycles. The largest absolute Gasteiger partial charge is 0.401 e. The highest BCUT2D eigenvalue weighted by Crippen LogP contribution is 2.14. The standard InChI is InChI=1S/C9H18F3NO2S/c1-4-7(2)16(14,15)8(3)5-13-6-9(10,11)12/h7-8,13H,4-6H2,1-3H3. The Labute approximate surface area is 94.3 Å². The highest BCUT2D eigenvalue weighted by atomic mass is 32.2. The Hall–Kier alpha value is -0.300. The summed E-state index contributed by atoms with van der Waals surface area (Å²) in [5, 5.41) is 0.787. The molecule has 0 saturated carbocycles. The van der Waals surface area contributed by atoms with Crippen LogP contribution < -0.4 is 5.32 Å². The van der Waals surface area contributed by atoms with Gasteiger partial charge in [-0.25, -0.2) is 8.42 Å². The van der Waals surface area contributed by atoms with E-state index >= 15 is 0 Å². The molecule has 0 heterocycles. The summed E-state index contributed by atoms with van der Waals surface area (Å²) in [5.74, 6) is 0. The van der Waals surface area contributed by atoms with Crippen molar-refractivity contribution in [2.24, 2.45) is 0 Å². The van der Waals surface area contributed by atoms with Crippen LogP contribution in [-0.2, 0) is 9.84 Å². The van der Waals surface area contributed by atoms with E-state index < -0.39 is 33.1 Å². The van der Waals surface area contributed by atoms with Crippen LogP contribution in [0.5, 0.6) is 0 Å². The molecule has 98 valence electrons. The van der Waals surface area contributed by atoms with E-state index in [9.17, 15) is 21.6 Å². The van der Waals surface area contributed by atoms with E-state index in [0.717, 1.165) is 0 Å². The third-order valence-corrected chi connectivity index (χ3v) is 5.20. The second-order valence-electron chi connectivity index (χ2n) is 3.86. The van der Waals surface area contributed by atoms with Gasteiger partial charge in [0.15, 0.2) is 9.84 Å². The summed E-state index contributed by atoms with van der Waals surface area (Å²) in [6, 6.07) is 0. The maximum Gasteiger partial charge on any atom is 0.401 e. The van der Waals surface area contributed by atoms with Crippen molar-refractivity contribution >= 4 is 9.84 Å². The Morgan fingerprint density at radius 3 is 2.06 bits per heavy atom. The Balaban J connectivity index is 4.22. The van der Waals surface area contributed by atoms with Crippen molar-refractivity contribution < 1.29 is 21.6 Å². The van der Waals surface area contributed by atoms with Crippen LogP contribution in [0.15, 0.2) is 0 Å². The fourth-order valence-corrected chi connectivity index (χ4v) is 2.77. The molecule has 16 heavy (non-hydrogen) atoms. The molecule has 0 spiro atoms. The zero-order valence-corrected chi connectivity index (χ0v) is 10.5. The molecule has 0 aliphatic carbocycles. The lowest BCUT2D eigenvalue weighted by Crippen LogP contribution is -2.39. The summed E-state index contributed by atoms with van der Waals surface area (Å²) in [7, 11) is -3.34. The van der Waals surface area contributed by atoms with Crippen LogP contribution in [0.2, 0.25) is 0 Å². The monoisotopic (exact) mass is 261 g/mol. The number of hydrogen-bond acceptors (Lipinski definition) is 3. The maximum absolute atomic E-state index is 11.8. The van der Waals surface area contributed by atoms with E-state index in [4.69, 9.17) is 0 Å². The van der Waals surface area contributed by atoms with Crippen molar-refractivity contribution in [3.8, 4) is 0 Å². The molecule has 0 aromatic rings. The molecule has 0 bridgehead atoms. The summed E-state index contributed by atoms with van der Waals surface area (Å²) < 4.78 is 58.8. The van der Waals surface area contributed by atoms with Gasteiger partial charge in [-0.3, -0.25) is 0 Å². The minimum atomic E-state index is -4.31. The van der Waals surface area contributed by atoms with Gasteiger partial charge in [0.05, 0.1) is 17.0 Å². The molecule has 0 amide bonds. The average Bonchev–Trinajstić information content (AvgIpc) is 2.14. The van der Waals surface area contributed by atoms with Gasteiger partial charge >= 0.3 is 6.18 Å². The van der Waals surface area contributed by atoms with Crippen molar-refractivity contribution in [1.82, 2.24) is 5.32 Å². The normalized spacial score (nSPS) is 17.1. The third-order valence-electron chi connectivity index (χ3n) is 2.45. The van der Waals surface area contributed by atoms with E-state index in [-0.39, 0.29) is 6.54 Å². The zero-order valence-electron chi connectivity index (χ0n) is 9.63. The SMILES string of the molecule is CCC(C)S(=O)(=O)C(C)CNCC(F)(F)F. The van der Waals surface area contributed by atoms with Gasteiger partial charge in [-0.05, 0) is 20.3 Å². The summed E-state index contributed by atoms with van der Waals surface area (Å²) in [5.41, 5.74) is 0. The van der Waals surface area contributed by atoms with Gasteiger partial charge in [-0.1, -0.05) is 6.92 Å². The van der Waals surface area contributed by atoms with Gasteiger partial charge in [0.2, 0.25) is 0 Å². The molecule has 2 atom stereocenters. The zero-order chi connectivity index (χ0) is 13.0. The van der Waals surface area contributed by atoms with Crippen molar-refractivity contribution in [2.45, 2.75) is 43.9 Å². The highest BCUT2D eigenvalue weighted by Gasteiger charge is 2.29. The highest BCUT2D eigenvalue weighted by molar-refractivity contribution is 7.92. The molecule has 7 heteroatoms. The average molecular weight is 261 g/mol. The van der Waals surface area contributed by atoms with E-state index in [1.807, 2.05) is 0 Å².